The standard InChI is InChI=1S/2C18H16F5NO.2ClH.Ti/c2*1-18(2,3)10-6-4-5-9(17(10)25)7-8-24-16-14(22)12(20)11(19)13(21)15(16)23;;;/h2*4-6,8,25H,7H2,1-3H3;2*1H;/q;;;;+4/p-4. The van der Waals surface area contributed by atoms with E-state index in [4.69, 9.17) is 0 Å². The SMILES string of the molecule is CC(C)(C)c1cccc(CC=Nc2c(F)c(F)c(F)c(F)c2F)c1[O-].CC(C)(C)c1cccc(CC=Nc2c(F)c(F)c(F)c(F)c2F)c1[O-].[Cl-].[Cl-].[Ti+4]. The van der Waals surface area contributed by atoms with Crippen LogP contribution in [0.5, 0.6) is 11.5 Å². The number of aliphatic imine (C=N–C) groups is 2. The number of para-hydroxylation sites is 2. The van der Waals surface area contributed by atoms with E-state index in [-0.39, 0.29) is 70.9 Å². The Bertz CT molecular complexity index is 1780. The quantitative estimate of drug-likeness (QED) is 0.0985. The number of halogens is 12. The first kappa shape index (κ1) is 49.4. The van der Waals surface area contributed by atoms with Crippen molar-refractivity contribution in [2.75, 3.05) is 0 Å². The molecule has 0 fully saturated rings. The van der Waals surface area contributed by atoms with Crippen molar-refractivity contribution in [3.63, 3.8) is 0 Å². The minimum atomic E-state index is -2.24. The summed E-state index contributed by atoms with van der Waals surface area (Å²) < 4.78 is 133. The van der Waals surface area contributed by atoms with Crippen molar-refractivity contribution in [1.29, 1.82) is 0 Å². The third-order valence-electron chi connectivity index (χ3n) is 7.25. The molecule has 0 amide bonds. The summed E-state index contributed by atoms with van der Waals surface area (Å²) in [5.41, 5.74) is -1.65. The van der Waals surface area contributed by atoms with Gasteiger partial charge in [-0.15, -0.1) is 11.5 Å². The van der Waals surface area contributed by atoms with Crippen molar-refractivity contribution in [2.45, 2.75) is 65.2 Å². The molecule has 0 saturated carbocycles. The Hall–Kier alpha value is -3.59. The molecule has 0 saturated heterocycles. The first-order valence-electron chi connectivity index (χ1n) is 14.8. The van der Waals surface area contributed by atoms with E-state index in [0.717, 1.165) is 12.4 Å². The molecule has 0 aromatic heterocycles. The van der Waals surface area contributed by atoms with Crippen LogP contribution in [0.25, 0.3) is 0 Å². The zero-order chi connectivity index (χ0) is 37.9. The molecule has 0 spiro atoms. The van der Waals surface area contributed by atoms with Crippen LogP contribution < -0.4 is 35.0 Å². The first-order chi connectivity index (χ1) is 23.1. The average molecular weight is 831 g/mol. The zero-order valence-corrected chi connectivity index (χ0v) is 31.9. The van der Waals surface area contributed by atoms with Crippen LogP contribution >= 0.6 is 0 Å². The van der Waals surface area contributed by atoms with E-state index < -0.39 is 80.4 Å². The number of benzene rings is 4. The third-order valence-corrected chi connectivity index (χ3v) is 7.25. The van der Waals surface area contributed by atoms with E-state index >= 15 is 0 Å². The second-order valence-electron chi connectivity index (χ2n) is 13.0. The van der Waals surface area contributed by atoms with E-state index in [0.29, 0.717) is 22.3 Å². The Balaban J connectivity index is 0.000000966. The van der Waals surface area contributed by atoms with Crippen LogP contribution in [-0.4, -0.2) is 12.4 Å². The Morgan fingerprint density at radius 3 is 0.962 bits per heavy atom. The van der Waals surface area contributed by atoms with E-state index in [2.05, 4.69) is 9.98 Å². The molecule has 4 aromatic carbocycles. The van der Waals surface area contributed by atoms with Crippen molar-refractivity contribution in [3.05, 3.63) is 117 Å². The average Bonchev–Trinajstić information content (AvgIpc) is 3.04. The van der Waals surface area contributed by atoms with Gasteiger partial charge in [0.2, 0.25) is 11.6 Å². The van der Waals surface area contributed by atoms with E-state index in [1.165, 1.54) is 12.1 Å². The fourth-order valence-corrected chi connectivity index (χ4v) is 4.56. The van der Waals surface area contributed by atoms with Gasteiger partial charge in [0.15, 0.2) is 46.5 Å². The molecule has 0 bridgehead atoms. The van der Waals surface area contributed by atoms with Crippen LogP contribution in [0.1, 0.15) is 63.8 Å². The van der Waals surface area contributed by atoms with Crippen molar-refractivity contribution in [3.8, 4) is 11.5 Å². The molecule has 0 unspecified atom stereocenters. The summed E-state index contributed by atoms with van der Waals surface area (Å²) in [6.45, 7) is 11.1. The van der Waals surface area contributed by atoms with Gasteiger partial charge in [0, 0.05) is 25.3 Å². The van der Waals surface area contributed by atoms with E-state index in [1.807, 2.05) is 41.5 Å². The van der Waals surface area contributed by atoms with Gasteiger partial charge in [0.1, 0.15) is 11.4 Å². The number of hydrogen-bond acceptors (Lipinski definition) is 4. The zero-order valence-electron chi connectivity index (χ0n) is 28.8. The summed E-state index contributed by atoms with van der Waals surface area (Å²) in [4.78, 5) is 6.67. The van der Waals surface area contributed by atoms with Crippen LogP contribution in [-0.2, 0) is 45.4 Å². The monoisotopic (exact) mass is 830 g/mol. The van der Waals surface area contributed by atoms with Crippen LogP contribution in [0.2, 0.25) is 0 Å². The largest absolute Gasteiger partial charge is 4.00 e. The second-order valence-corrected chi connectivity index (χ2v) is 13.0. The molecule has 4 aromatic rings. The summed E-state index contributed by atoms with van der Waals surface area (Å²) in [6, 6.07) is 9.69. The van der Waals surface area contributed by atoms with Crippen molar-refractivity contribution >= 4 is 23.8 Å². The molecular formula is C36H30Cl2F10N2O2Ti. The Morgan fingerprint density at radius 1 is 0.472 bits per heavy atom. The number of nitrogens with zero attached hydrogens (tertiary/aromatic N) is 2. The Morgan fingerprint density at radius 2 is 0.717 bits per heavy atom. The van der Waals surface area contributed by atoms with Gasteiger partial charge in [-0.3, -0.25) is 9.98 Å². The summed E-state index contributed by atoms with van der Waals surface area (Å²) in [6.07, 6.45) is 1.67. The normalized spacial score (nSPS) is 11.5. The maximum Gasteiger partial charge on any atom is 4.00 e. The van der Waals surface area contributed by atoms with Crippen LogP contribution in [0.3, 0.4) is 0 Å². The van der Waals surface area contributed by atoms with Gasteiger partial charge in [0.05, 0.1) is 0 Å². The van der Waals surface area contributed by atoms with Gasteiger partial charge in [-0.1, -0.05) is 100 Å². The summed E-state index contributed by atoms with van der Waals surface area (Å²) >= 11 is 0. The fourth-order valence-electron chi connectivity index (χ4n) is 4.56. The Labute approximate surface area is 326 Å². The summed E-state index contributed by atoms with van der Waals surface area (Å²) in [7, 11) is 0. The van der Waals surface area contributed by atoms with Gasteiger partial charge in [0.25, 0.3) is 0 Å². The summed E-state index contributed by atoms with van der Waals surface area (Å²) in [5.74, 6) is -21.3. The fraction of sp³-hybridized carbons (Fsp3) is 0.278. The van der Waals surface area contributed by atoms with Crippen LogP contribution in [0.15, 0.2) is 46.4 Å². The van der Waals surface area contributed by atoms with E-state index in [9.17, 15) is 54.1 Å². The van der Waals surface area contributed by atoms with Gasteiger partial charge in [-0.2, -0.15) is 0 Å². The molecule has 0 aliphatic rings. The Kier molecular flexibility index (Phi) is 18.3. The molecule has 0 N–H and O–H groups in total. The number of hydrogen-bond donors (Lipinski definition) is 0. The maximum atomic E-state index is 13.5. The number of rotatable bonds is 6. The van der Waals surface area contributed by atoms with Crippen molar-refractivity contribution < 1.29 is 101 Å². The summed E-state index contributed by atoms with van der Waals surface area (Å²) in [5, 5.41) is 24.7. The third kappa shape index (κ3) is 11.2. The minimum absolute atomic E-state index is 0. The second kappa shape index (κ2) is 19.7. The van der Waals surface area contributed by atoms with Crippen LogP contribution in [0.4, 0.5) is 55.3 Å². The molecular weight excluding hydrogens is 801 g/mol. The molecule has 284 valence electrons. The first-order valence-corrected chi connectivity index (χ1v) is 14.8. The van der Waals surface area contributed by atoms with Crippen molar-refractivity contribution in [1.82, 2.24) is 0 Å². The molecule has 0 atom stereocenters. The van der Waals surface area contributed by atoms with Gasteiger partial charge >= 0.3 is 21.7 Å². The predicted molar refractivity (Wildman–Crippen MR) is 165 cm³/mol. The molecule has 17 heteroatoms. The molecule has 0 heterocycles. The molecule has 4 nitrogen and oxygen atoms in total. The molecule has 0 aliphatic carbocycles. The topological polar surface area (TPSA) is 70.8 Å². The predicted octanol–water partition coefficient (Wildman–Crippen LogP) is 3.40. The smallest absolute Gasteiger partial charge is 1.00 e. The molecule has 4 rings (SSSR count). The minimum Gasteiger partial charge on any atom is -1.00 e. The molecule has 0 aliphatic heterocycles. The molecule has 0 radical (unpaired) electrons. The maximum absolute atomic E-state index is 13.5. The van der Waals surface area contributed by atoms with Gasteiger partial charge < -0.3 is 35.0 Å². The molecule has 53 heavy (non-hydrogen) atoms. The van der Waals surface area contributed by atoms with Crippen LogP contribution in [0, 0.1) is 58.2 Å². The van der Waals surface area contributed by atoms with E-state index in [1.54, 1.807) is 24.3 Å². The van der Waals surface area contributed by atoms with Gasteiger partial charge in [-0.25, -0.2) is 43.9 Å². The van der Waals surface area contributed by atoms with Crippen molar-refractivity contribution in [2.24, 2.45) is 9.98 Å². The van der Waals surface area contributed by atoms with Gasteiger partial charge in [-0.05, 0) is 10.8 Å².